The van der Waals surface area contributed by atoms with Crippen molar-refractivity contribution < 1.29 is 17.9 Å². The minimum Gasteiger partial charge on any atom is -0.497 e. The molecule has 2 aromatic carbocycles. The van der Waals surface area contributed by atoms with Gasteiger partial charge in [0.05, 0.1) is 12.0 Å². The Labute approximate surface area is 141 Å². The van der Waals surface area contributed by atoms with Gasteiger partial charge >= 0.3 is 0 Å². The standard InChI is InChI=1S/C17H20N2O4S/c1-12(14-4-8-16(23-3)9-5-14)19-24(21,22)17-10-6-15(7-11-17)18-13(2)20/h4-12,19H,1-3H3,(H,18,20)/t12-/m1/s1. The van der Waals surface area contributed by atoms with Gasteiger partial charge in [0.25, 0.3) is 0 Å². The zero-order valence-corrected chi connectivity index (χ0v) is 14.6. The Morgan fingerprint density at radius 3 is 2.12 bits per heavy atom. The number of anilines is 1. The van der Waals surface area contributed by atoms with Crippen molar-refractivity contribution in [2.24, 2.45) is 0 Å². The molecule has 2 aromatic rings. The fourth-order valence-corrected chi connectivity index (χ4v) is 3.41. The van der Waals surface area contributed by atoms with Crippen LogP contribution in [-0.2, 0) is 14.8 Å². The van der Waals surface area contributed by atoms with E-state index in [0.29, 0.717) is 11.4 Å². The summed E-state index contributed by atoms with van der Waals surface area (Å²) in [7, 11) is -2.09. The Morgan fingerprint density at radius 2 is 1.62 bits per heavy atom. The normalized spacial score (nSPS) is 12.5. The lowest BCUT2D eigenvalue weighted by Crippen LogP contribution is -2.26. The molecule has 7 heteroatoms. The molecule has 24 heavy (non-hydrogen) atoms. The number of nitrogens with one attached hydrogen (secondary N) is 2. The van der Waals surface area contributed by atoms with Crippen LogP contribution in [0.2, 0.25) is 0 Å². The first-order chi connectivity index (χ1) is 11.3. The van der Waals surface area contributed by atoms with Crippen LogP contribution in [0.1, 0.15) is 25.5 Å². The third-order valence-electron chi connectivity index (χ3n) is 3.43. The molecule has 1 atom stereocenters. The monoisotopic (exact) mass is 348 g/mol. The van der Waals surface area contributed by atoms with Gasteiger partial charge in [-0.05, 0) is 48.9 Å². The van der Waals surface area contributed by atoms with Crippen molar-refractivity contribution >= 4 is 21.6 Å². The van der Waals surface area contributed by atoms with Crippen LogP contribution in [0.3, 0.4) is 0 Å². The predicted octanol–water partition coefficient (Wildman–Crippen LogP) is 2.69. The molecule has 2 N–H and O–H groups in total. The van der Waals surface area contributed by atoms with E-state index in [4.69, 9.17) is 4.74 Å². The van der Waals surface area contributed by atoms with E-state index in [1.54, 1.807) is 38.3 Å². The molecule has 0 aliphatic carbocycles. The van der Waals surface area contributed by atoms with Crippen LogP contribution >= 0.6 is 0 Å². The minimum atomic E-state index is -3.66. The molecule has 0 aliphatic rings. The summed E-state index contributed by atoms with van der Waals surface area (Å²) in [4.78, 5) is 11.1. The quantitative estimate of drug-likeness (QED) is 0.840. The lowest BCUT2D eigenvalue weighted by molar-refractivity contribution is -0.114. The highest BCUT2D eigenvalue weighted by molar-refractivity contribution is 7.89. The maximum absolute atomic E-state index is 12.4. The van der Waals surface area contributed by atoms with Gasteiger partial charge in [-0.3, -0.25) is 4.79 Å². The van der Waals surface area contributed by atoms with Gasteiger partial charge in [0, 0.05) is 18.7 Å². The first kappa shape index (κ1) is 18.0. The summed E-state index contributed by atoms with van der Waals surface area (Å²) in [5, 5.41) is 2.59. The van der Waals surface area contributed by atoms with E-state index < -0.39 is 16.1 Å². The number of amides is 1. The number of hydrogen-bond donors (Lipinski definition) is 2. The van der Waals surface area contributed by atoms with E-state index in [1.165, 1.54) is 19.1 Å². The molecule has 0 saturated heterocycles. The SMILES string of the molecule is COc1ccc([C@@H](C)NS(=O)(=O)c2ccc(NC(C)=O)cc2)cc1. The van der Waals surface area contributed by atoms with Crippen molar-refractivity contribution in [3.63, 3.8) is 0 Å². The van der Waals surface area contributed by atoms with E-state index in [-0.39, 0.29) is 10.8 Å². The van der Waals surface area contributed by atoms with Crippen LogP contribution in [0.15, 0.2) is 53.4 Å². The van der Waals surface area contributed by atoms with Crippen molar-refractivity contribution in [1.82, 2.24) is 4.72 Å². The van der Waals surface area contributed by atoms with E-state index >= 15 is 0 Å². The van der Waals surface area contributed by atoms with Crippen molar-refractivity contribution in [1.29, 1.82) is 0 Å². The third-order valence-corrected chi connectivity index (χ3v) is 4.99. The second kappa shape index (κ2) is 7.46. The van der Waals surface area contributed by atoms with Crippen LogP contribution < -0.4 is 14.8 Å². The number of methoxy groups -OCH3 is 1. The molecule has 0 saturated carbocycles. The summed E-state index contributed by atoms with van der Waals surface area (Å²) >= 11 is 0. The van der Waals surface area contributed by atoms with Gasteiger partial charge in [-0.2, -0.15) is 0 Å². The number of ether oxygens (including phenoxy) is 1. The number of sulfonamides is 1. The number of hydrogen-bond acceptors (Lipinski definition) is 4. The first-order valence-corrected chi connectivity index (χ1v) is 8.84. The lowest BCUT2D eigenvalue weighted by Gasteiger charge is -2.15. The zero-order chi connectivity index (χ0) is 17.7. The second-order valence-electron chi connectivity index (χ2n) is 5.32. The Kier molecular flexibility index (Phi) is 5.58. The third kappa shape index (κ3) is 4.56. The molecule has 1 amide bonds. The summed E-state index contributed by atoms with van der Waals surface area (Å²) in [5.74, 6) is 0.499. The molecule has 0 aliphatic heterocycles. The van der Waals surface area contributed by atoms with Crippen LogP contribution in [0.4, 0.5) is 5.69 Å². The van der Waals surface area contributed by atoms with Crippen LogP contribution in [0.5, 0.6) is 5.75 Å². The van der Waals surface area contributed by atoms with Crippen molar-refractivity contribution in [3.8, 4) is 5.75 Å². The topological polar surface area (TPSA) is 84.5 Å². The number of carbonyl (C=O) groups excluding carboxylic acids is 1. The predicted molar refractivity (Wildman–Crippen MR) is 92.5 cm³/mol. The van der Waals surface area contributed by atoms with Crippen LogP contribution in [0.25, 0.3) is 0 Å². The molecule has 0 spiro atoms. The minimum absolute atomic E-state index is 0.136. The number of benzene rings is 2. The molecule has 0 radical (unpaired) electrons. The fraction of sp³-hybridized carbons (Fsp3) is 0.235. The van der Waals surface area contributed by atoms with Crippen LogP contribution in [0, 0.1) is 0 Å². The highest BCUT2D eigenvalue weighted by atomic mass is 32.2. The van der Waals surface area contributed by atoms with E-state index in [2.05, 4.69) is 10.0 Å². The van der Waals surface area contributed by atoms with Gasteiger partial charge in [0.1, 0.15) is 5.75 Å². The summed E-state index contributed by atoms with van der Waals surface area (Å²) in [6.07, 6.45) is 0. The first-order valence-electron chi connectivity index (χ1n) is 7.36. The second-order valence-corrected chi connectivity index (χ2v) is 7.04. The van der Waals surface area contributed by atoms with Gasteiger partial charge in [-0.25, -0.2) is 13.1 Å². The Hall–Kier alpha value is -2.38. The number of carbonyl (C=O) groups is 1. The molecule has 0 fully saturated rings. The maximum atomic E-state index is 12.4. The van der Waals surface area contributed by atoms with E-state index in [9.17, 15) is 13.2 Å². The fourth-order valence-electron chi connectivity index (χ4n) is 2.18. The Bertz CT molecular complexity index is 799. The van der Waals surface area contributed by atoms with Gasteiger partial charge < -0.3 is 10.1 Å². The highest BCUT2D eigenvalue weighted by Gasteiger charge is 2.18. The molecule has 0 unspecified atom stereocenters. The summed E-state index contributed by atoms with van der Waals surface area (Å²) in [6, 6.07) is 12.8. The van der Waals surface area contributed by atoms with Crippen molar-refractivity contribution in [2.45, 2.75) is 24.8 Å². The summed E-state index contributed by atoms with van der Waals surface area (Å²) < 4.78 is 32.6. The summed E-state index contributed by atoms with van der Waals surface area (Å²) in [6.45, 7) is 3.16. The molecular weight excluding hydrogens is 328 g/mol. The molecule has 2 rings (SSSR count). The molecule has 0 heterocycles. The lowest BCUT2D eigenvalue weighted by atomic mass is 10.1. The number of rotatable bonds is 6. The van der Waals surface area contributed by atoms with Gasteiger partial charge in [0.15, 0.2) is 0 Å². The molecule has 128 valence electrons. The highest BCUT2D eigenvalue weighted by Crippen LogP contribution is 2.20. The molecule has 0 bridgehead atoms. The van der Waals surface area contributed by atoms with E-state index in [1.807, 2.05) is 12.1 Å². The average molecular weight is 348 g/mol. The van der Waals surface area contributed by atoms with E-state index in [0.717, 1.165) is 5.56 Å². The molecular formula is C17H20N2O4S. The summed E-state index contributed by atoms with van der Waals surface area (Å²) in [5.41, 5.74) is 1.37. The Balaban J connectivity index is 2.13. The Morgan fingerprint density at radius 1 is 1.04 bits per heavy atom. The van der Waals surface area contributed by atoms with Gasteiger partial charge in [-0.15, -0.1) is 0 Å². The molecule has 0 aromatic heterocycles. The van der Waals surface area contributed by atoms with Crippen LogP contribution in [-0.4, -0.2) is 21.4 Å². The van der Waals surface area contributed by atoms with Crippen molar-refractivity contribution in [2.75, 3.05) is 12.4 Å². The average Bonchev–Trinajstić information content (AvgIpc) is 2.54. The zero-order valence-electron chi connectivity index (χ0n) is 13.7. The van der Waals surface area contributed by atoms with Gasteiger partial charge in [-0.1, -0.05) is 12.1 Å². The van der Waals surface area contributed by atoms with Crippen molar-refractivity contribution in [3.05, 3.63) is 54.1 Å². The largest absolute Gasteiger partial charge is 0.497 e. The smallest absolute Gasteiger partial charge is 0.241 e. The molecule has 6 nitrogen and oxygen atoms in total. The van der Waals surface area contributed by atoms with Gasteiger partial charge in [0.2, 0.25) is 15.9 Å². The maximum Gasteiger partial charge on any atom is 0.241 e.